The first kappa shape index (κ1) is 15.4. The fourth-order valence-electron chi connectivity index (χ4n) is 5.75. The lowest BCUT2D eigenvalue weighted by Crippen LogP contribution is -2.60. The molecule has 2 saturated heterocycles. The van der Waals surface area contributed by atoms with Gasteiger partial charge in [-0.3, -0.25) is 9.59 Å². The van der Waals surface area contributed by atoms with Crippen LogP contribution in [0.15, 0.2) is 30.3 Å². The molecule has 4 fully saturated rings. The number of hydrogen-bond donors (Lipinski definition) is 0. The summed E-state index contributed by atoms with van der Waals surface area (Å²) in [6.45, 7) is 2.40. The van der Waals surface area contributed by atoms with E-state index in [9.17, 15) is 9.59 Å². The lowest BCUT2D eigenvalue weighted by molar-refractivity contribution is -0.155. The summed E-state index contributed by atoms with van der Waals surface area (Å²) in [7, 11) is 0. The number of likely N-dealkylation sites (tertiary alicyclic amines) is 1. The zero-order valence-electron chi connectivity index (χ0n) is 14.6. The van der Waals surface area contributed by atoms with Crippen molar-refractivity contribution in [2.75, 3.05) is 19.7 Å². The summed E-state index contributed by atoms with van der Waals surface area (Å²) in [5.74, 6) is 1.01. The van der Waals surface area contributed by atoms with E-state index in [-0.39, 0.29) is 17.3 Å². The number of carbonyl (C=O) groups is 2. The number of rotatable bonds is 2. The SMILES string of the molecule is O=C1CC2(CO1)CC(C(=O)N1CC3(CCC(c4ccccc4)C3)C1)C2. The molecule has 0 aromatic heterocycles. The zero-order chi connectivity index (χ0) is 17.1. The van der Waals surface area contributed by atoms with E-state index in [0.29, 0.717) is 30.3 Å². The van der Waals surface area contributed by atoms with Crippen molar-refractivity contribution >= 4 is 11.9 Å². The Morgan fingerprint density at radius 3 is 2.52 bits per heavy atom. The zero-order valence-corrected chi connectivity index (χ0v) is 14.6. The Balaban J connectivity index is 1.15. The van der Waals surface area contributed by atoms with Crippen molar-refractivity contribution in [3.63, 3.8) is 0 Å². The van der Waals surface area contributed by atoms with Crippen LogP contribution in [0.25, 0.3) is 0 Å². The topological polar surface area (TPSA) is 46.6 Å². The lowest BCUT2D eigenvalue weighted by Gasteiger charge is -2.52. The van der Waals surface area contributed by atoms with E-state index >= 15 is 0 Å². The predicted molar refractivity (Wildman–Crippen MR) is 92.8 cm³/mol. The Hall–Kier alpha value is -1.84. The molecule has 4 heteroatoms. The van der Waals surface area contributed by atoms with Gasteiger partial charge in [-0.1, -0.05) is 30.3 Å². The fourth-order valence-corrected chi connectivity index (χ4v) is 5.75. The third-order valence-corrected chi connectivity index (χ3v) is 7.10. The molecular formula is C21H25NO3. The molecule has 0 radical (unpaired) electrons. The van der Waals surface area contributed by atoms with Gasteiger partial charge in [0, 0.05) is 29.8 Å². The van der Waals surface area contributed by atoms with Gasteiger partial charge in [-0.25, -0.2) is 0 Å². The number of esters is 1. The molecule has 1 aromatic carbocycles. The minimum atomic E-state index is -0.0910. The van der Waals surface area contributed by atoms with E-state index in [1.54, 1.807) is 0 Å². The molecule has 25 heavy (non-hydrogen) atoms. The van der Waals surface area contributed by atoms with Crippen molar-refractivity contribution in [1.82, 2.24) is 4.90 Å². The molecule has 4 aliphatic rings. The number of ether oxygens (including phenoxy) is 1. The molecule has 5 rings (SSSR count). The number of nitrogens with zero attached hydrogens (tertiary/aromatic N) is 1. The Morgan fingerprint density at radius 1 is 1.08 bits per heavy atom. The quantitative estimate of drug-likeness (QED) is 0.778. The highest BCUT2D eigenvalue weighted by atomic mass is 16.5. The summed E-state index contributed by atoms with van der Waals surface area (Å²) in [6, 6.07) is 10.8. The van der Waals surface area contributed by atoms with Crippen LogP contribution >= 0.6 is 0 Å². The van der Waals surface area contributed by atoms with Gasteiger partial charge in [0.2, 0.25) is 5.91 Å². The summed E-state index contributed by atoms with van der Waals surface area (Å²) in [6.07, 6.45) is 5.91. The Kier molecular flexibility index (Phi) is 3.28. The second-order valence-corrected chi connectivity index (χ2v) is 8.99. The molecule has 1 amide bonds. The van der Waals surface area contributed by atoms with Crippen molar-refractivity contribution < 1.29 is 14.3 Å². The Labute approximate surface area is 148 Å². The molecule has 2 heterocycles. The lowest BCUT2D eigenvalue weighted by atomic mass is 9.60. The summed E-state index contributed by atoms with van der Waals surface area (Å²) in [5.41, 5.74) is 1.81. The average Bonchev–Trinajstić information content (AvgIpc) is 3.17. The second-order valence-electron chi connectivity index (χ2n) is 8.99. The van der Waals surface area contributed by atoms with Crippen LogP contribution in [0.2, 0.25) is 0 Å². The number of cyclic esters (lactones) is 1. The maximum Gasteiger partial charge on any atom is 0.306 e. The second kappa shape index (κ2) is 5.33. The molecule has 1 aromatic rings. The van der Waals surface area contributed by atoms with Gasteiger partial charge in [0.05, 0.1) is 13.0 Å². The molecular weight excluding hydrogens is 314 g/mol. The molecule has 2 saturated carbocycles. The standard InChI is InChI=1S/C21H25NO3/c23-18-11-21(14-25-18)9-17(10-21)19(24)22-12-20(13-22)7-6-16(8-20)15-4-2-1-3-5-15/h1-5,16-17H,6-14H2. The van der Waals surface area contributed by atoms with Crippen molar-refractivity contribution in [3.8, 4) is 0 Å². The van der Waals surface area contributed by atoms with Crippen LogP contribution in [-0.4, -0.2) is 36.5 Å². The number of carbonyl (C=O) groups excluding carboxylic acids is 2. The van der Waals surface area contributed by atoms with Gasteiger partial charge >= 0.3 is 5.97 Å². The van der Waals surface area contributed by atoms with Gasteiger partial charge in [0.1, 0.15) is 0 Å². The van der Waals surface area contributed by atoms with Crippen LogP contribution in [0.1, 0.15) is 50.0 Å². The minimum Gasteiger partial charge on any atom is -0.465 e. The molecule has 1 atom stereocenters. The summed E-state index contributed by atoms with van der Waals surface area (Å²) in [5, 5.41) is 0. The van der Waals surface area contributed by atoms with Crippen LogP contribution in [0, 0.1) is 16.7 Å². The Bertz CT molecular complexity index is 701. The van der Waals surface area contributed by atoms with Gasteiger partial charge in [-0.15, -0.1) is 0 Å². The first-order valence-electron chi connectivity index (χ1n) is 9.56. The van der Waals surface area contributed by atoms with Crippen LogP contribution in [-0.2, 0) is 14.3 Å². The van der Waals surface area contributed by atoms with Crippen molar-refractivity contribution in [2.24, 2.45) is 16.7 Å². The number of hydrogen-bond acceptors (Lipinski definition) is 3. The highest BCUT2D eigenvalue weighted by Crippen LogP contribution is 2.55. The molecule has 2 aliphatic carbocycles. The van der Waals surface area contributed by atoms with Gasteiger partial charge < -0.3 is 9.64 Å². The summed E-state index contributed by atoms with van der Waals surface area (Å²) < 4.78 is 5.11. The third-order valence-electron chi connectivity index (χ3n) is 7.10. The van der Waals surface area contributed by atoms with Crippen molar-refractivity contribution in [2.45, 2.75) is 44.4 Å². The first-order chi connectivity index (χ1) is 12.1. The van der Waals surface area contributed by atoms with E-state index in [1.807, 2.05) is 0 Å². The maximum absolute atomic E-state index is 12.7. The first-order valence-corrected chi connectivity index (χ1v) is 9.56. The normalized spacial score (nSPS) is 35.5. The largest absolute Gasteiger partial charge is 0.465 e. The number of amides is 1. The van der Waals surface area contributed by atoms with Gasteiger partial charge in [0.15, 0.2) is 0 Å². The molecule has 2 aliphatic heterocycles. The molecule has 0 N–H and O–H groups in total. The van der Waals surface area contributed by atoms with E-state index < -0.39 is 0 Å². The molecule has 0 bridgehead atoms. The molecule has 4 nitrogen and oxygen atoms in total. The van der Waals surface area contributed by atoms with Crippen LogP contribution in [0.4, 0.5) is 0 Å². The smallest absolute Gasteiger partial charge is 0.306 e. The van der Waals surface area contributed by atoms with Crippen LogP contribution < -0.4 is 0 Å². The van der Waals surface area contributed by atoms with E-state index in [2.05, 4.69) is 35.2 Å². The van der Waals surface area contributed by atoms with Crippen molar-refractivity contribution in [3.05, 3.63) is 35.9 Å². The Morgan fingerprint density at radius 2 is 1.84 bits per heavy atom. The summed E-state index contributed by atoms with van der Waals surface area (Å²) in [4.78, 5) is 26.1. The third kappa shape index (κ3) is 2.49. The fraction of sp³-hybridized carbons (Fsp3) is 0.619. The highest BCUT2D eigenvalue weighted by molar-refractivity contribution is 5.82. The van der Waals surface area contributed by atoms with E-state index in [1.165, 1.54) is 24.8 Å². The maximum atomic E-state index is 12.7. The highest BCUT2D eigenvalue weighted by Gasteiger charge is 2.56. The molecule has 132 valence electrons. The monoisotopic (exact) mass is 339 g/mol. The van der Waals surface area contributed by atoms with Gasteiger partial charge in [-0.05, 0) is 43.6 Å². The van der Waals surface area contributed by atoms with Gasteiger partial charge in [-0.2, -0.15) is 0 Å². The predicted octanol–water partition coefficient (Wildman–Crippen LogP) is 3.13. The average molecular weight is 339 g/mol. The van der Waals surface area contributed by atoms with Crippen LogP contribution in [0.5, 0.6) is 0 Å². The molecule has 2 spiro atoms. The minimum absolute atomic E-state index is 0.00821. The van der Waals surface area contributed by atoms with Crippen molar-refractivity contribution in [1.29, 1.82) is 0 Å². The van der Waals surface area contributed by atoms with Gasteiger partial charge in [0.25, 0.3) is 0 Å². The molecule has 1 unspecified atom stereocenters. The van der Waals surface area contributed by atoms with E-state index in [0.717, 1.165) is 25.9 Å². The van der Waals surface area contributed by atoms with Crippen LogP contribution in [0.3, 0.4) is 0 Å². The summed E-state index contributed by atoms with van der Waals surface area (Å²) >= 11 is 0. The van der Waals surface area contributed by atoms with E-state index in [4.69, 9.17) is 4.74 Å². The number of benzene rings is 1.